The van der Waals surface area contributed by atoms with Crippen LogP contribution in [-0.2, 0) is 9.63 Å². The summed E-state index contributed by atoms with van der Waals surface area (Å²) in [6.07, 6.45) is 2.39. The van der Waals surface area contributed by atoms with Crippen LogP contribution in [0.1, 0.15) is 12.8 Å². The molecule has 0 radical (unpaired) electrons. The zero-order valence-corrected chi connectivity index (χ0v) is 6.02. The van der Waals surface area contributed by atoms with Gasteiger partial charge in [-0.1, -0.05) is 0 Å². The third-order valence-corrected chi connectivity index (χ3v) is 1.34. The van der Waals surface area contributed by atoms with E-state index in [9.17, 15) is 4.79 Å². The molecule has 1 aliphatic rings. The number of hydrogen-bond acceptors (Lipinski definition) is 3. The normalized spacial score (nSPS) is 16.9. The highest BCUT2D eigenvalue weighted by molar-refractivity contribution is 5.76. The van der Waals surface area contributed by atoms with Gasteiger partial charge in [-0.2, -0.15) is 0 Å². The van der Waals surface area contributed by atoms with Crippen molar-refractivity contribution in [2.24, 2.45) is 0 Å². The van der Waals surface area contributed by atoms with Crippen LogP contribution >= 0.6 is 0 Å². The van der Waals surface area contributed by atoms with Crippen LogP contribution in [0.3, 0.4) is 0 Å². The van der Waals surface area contributed by atoms with Crippen LogP contribution in [0.15, 0.2) is 0 Å². The van der Waals surface area contributed by atoms with E-state index in [1.807, 2.05) is 0 Å². The van der Waals surface area contributed by atoms with Crippen LogP contribution < -0.4 is 10.8 Å². The number of amides is 1. The molecule has 0 saturated heterocycles. The average molecular weight is 144 g/mol. The first-order valence-corrected chi connectivity index (χ1v) is 3.38. The number of hydrogen-bond donors (Lipinski definition) is 2. The van der Waals surface area contributed by atoms with Crippen molar-refractivity contribution >= 4 is 5.91 Å². The maximum Gasteiger partial charge on any atom is 0.257 e. The minimum Gasteiger partial charge on any atom is -0.306 e. The van der Waals surface area contributed by atoms with Crippen molar-refractivity contribution in [1.29, 1.82) is 0 Å². The summed E-state index contributed by atoms with van der Waals surface area (Å²) in [6, 6.07) is 0.572. The smallest absolute Gasteiger partial charge is 0.257 e. The Hall–Kier alpha value is -0.610. The van der Waals surface area contributed by atoms with E-state index in [0.717, 1.165) is 0 Å². The van der Waals surface area contributed by atoms with Crippen LogP contribution in [0.4, 0.5) is 0 Å². The van der Waals surface area contributed by atoms with Crippen molar-refractivity contribution < 1.29 is 9.63 Å². The molecule has 0 aliphatic heterocycles. The largest absolute Gasteiger partial charge is 0.306 e. The quantitative estimate of drug-likeness (QED) is 0.519. The first-order chi connectivity index (χ1) is 4.83. The van der Waals surface area contributed by atoms with E-state index in [4.69, 9.17) is 0 Å². The van der Waals surface area contributed by atoms with Gasteiger partial charge in [0, 0.05) is 6.04 Å². The maximum absolute atomic E-state index is 10.7. The third kappa shape index (κ3) is 2.80. The number of carbonyl (C=O) groups is 1. The fraction of sp³-hybridized carbons (Fsp3) is 0.833. The molecule has 1 saturated carbocycles. The summed E-state index contributed by atoms with van der Waals surface area (Å²) < 4.78 is 0. The highest BCUT2D eigenvalue weighted by atomic mass is 16.6. The molecule has 10 heavy (non-hydrogen) atoms. The van der Waals surface area contributed by atoms with Gasteiger partial charge in [0.15, 0.2) is 0 Å². The molecule has 1 aliphatic carbocycles. The van der Waals surface area contributed by atoms with Crippen LogP contribution in [0.25, 0.3) is 0 Å². The maximum atomic E-state index is 10.7. The van der Waals surface area contributed by atoms with E-state index >= 15 is 0 Å². The molecule has 0 aromatic heterocycles. The summed E-state index contributed by atoms with van der Waals surface area (Å²) in [7, 11) is 1.43. The third-order valence-electron chi connectivity index (χ3n) is 1.34. The predicted molar refractivity (Wildman–Crippen MR) is 36.2 cm³/mol. The summed E-state index contributed by atoms with van der Waals surface area (Å²) in [5.41, 5.74) is 2.23. The lowest BCUT2D eigenvalue weighted by Crippen LogP contribution is -2.34. The van der Waals surface area contributed by atoms with Crippen molar-refractivity contribution in [3.05, 3.63) is 0 Å². The Morgan fingerprint density at radius 3 is 2.90 bits per heavy atom. The van der Waals surface area contributed by atoms with Gasteiger partial charge in [0.25, 0.3) is 5.91 Å². The first kappa shape index (κ1) is 7.50. The summed E-state index contributed by atoms with van der Waals surface area (Å²) >= 11 is 0. The fourth-order valence-corrected chi connectivity index (χ4v) is 0.674. The van der Waals surface area contributed by atoms with Gasteiger partial charge in [0.2, 0.25) is 0 Å². The van der Waals surface area contributed by atoms with E-state index in [0.29, 0.717) is 12.6 Å². The van der Waals surface area contributed by atoms with Gasteiger partial charge in [-0.3, -0.25) is 9.63 Å². The van der Waals surface area contributed by atoms with Gasteiger partial charge in [-0.25, -0.2) is 5.48 Å². The van der Waals surface area contributed by atoms with Crippen molar-refractivity contribution in [2.75, 3.05) is 13.7 Å². The molecule has 58 valence electrons. The molecule has 0 bridgehead atoms. The molecule has 1 rings (SSSR count). The van der Waals surface area contributed by atoms with E-state index in [2.05, 4.69) is 15.6 Å². The van der Waals surface area contributed by atoms with Crippen LogP contribution in [-0.4, -0.2) is 25.6 Å². The molecule has 1 fully saturated rings. The van der Waals surface area contributed by atoms with Crippen molar-refractivity contribution in [2.45, 2.75) is 18.9 Å². The van der Waals surface area contributed by atoms with Gasteiger partial charge in [-0.15, -0.1) is 0 Å². The van der Waals surface area contributed by atoms with Crippen LogP contribution in [0.5, 0.6) is 0 Å². The van der Waals surface area contributed by atoms with E-state index in [-0.39, 0.29) is 5.91 Å². The zero-order chi connectivity index (χ0) is 7.40. The van der Waals surface area contributed by atoms with E-state index in [1.165, 1.54) is 20.0 Å². The molecule has 4 nitrogen and oxygen atoms in total. The number of rotatable bonds is 4. The molecule has 0 heterocycles. The molecular weight excluding hydrogens is 132 g/mol. The molecule has 1 amide bonds. The van der Waals surface area contributed by atoms with Gasteiger partial charge in [0.05, 0.1) is 13.7 Å². The average Bonchev–Trinajstić information content (AvgIpc) is 2.67. The summed E-state index contributed by atoms with van der Waals surface area (Å²) in [5.74, 6) is -0.116. The van der Waals surface area contributed by atoms with Gasteiger partial charge < -0.3 is 5.32 Å². The Kier molecular flexibility index (Phi) is 2.65. The van der Waals surface area contributed by atoms with Crippen molar-refractivity contribution in [1.82, 2.24) is 10.8 Å². The Labute approximate surface area is 59.9 Å². The van der Waals surface area contributed by atoms with Crippen molar-refractivity contribution in [3.63, 3.8) is 0 Å². The van der Waals surface area contributed by atoms with Crippen molar-refractivity contribution in [3.8, 4) is 0 Å². The summed E-state index contributed by atoms with van der Waals surface area (Å²) in [4.78, 5) is 15.1. The second kappa shape index (κ2) is 3.53. The Balaban J connectivity index is 1.94. The number of nitrogens with one attached hydrogen (secondary N) is 2. The van der Waals surface area contributed by atoms with E-state index in [1.54, 1.807) is 0 Å². The minimum atomic E-state index is -0.116. The second-order valence-corrected chi connectivity index (χ2v) is 2.38. The lowest BCUT2D eigenvalue weighted by atomic mass is 10.5. The standard InChI is InChI=1S/C6H12N2O2/c1-10-8-6(9)4-7-5-2-3-5/h5,7H,2-4H2,1H3,(H,8,9). The van der Waals surface area contributed by atoms with E-state index < -0.39 is 0 Å². The Morgan fingerprint density at radius 2 is 2.40 bits per heavy atom. The fourth-order valence-electron chi connectivity index (χ4n) is 0.674. The minimum absolute atomic E-state index is 0.116. The molecule has 0 aromatic rings. The lowest BCUT2D eigenvalue weighted by molar-refractivity contribution is -0.130. The highest BCUT2D eigenvalue weighted by Gasteiger charge is 2.20. The molecule has 0 unspecified atom stereocenters. The van der Waals surface area contributed by atoms with Crippen LogP contribution in [0.2, 0.25) is 0 Å². The first-order valence-electron chi connectivity index (χ1n) is 3.38. The Bertz CT molecular complexity index is 123. The molecule has 0 atom stereocenters. The topological polar surface area (TPSA) is 50.4 Å². The summed E-state index contributed by atoms with van der Waals surface area (Å²) in [6.45, 7) is 0.360. The monoisotopic (exact) mass is 144 g/mol. The summed E-state index contributed by atoms with van der Waals surface area (Å²) in [5, 5.41) is 3.05. The second-order valence-electron chi connectivity index (χ2n) is 2.38. The number of carbonyl (C=O) groups excluding carboxylic acids is 1. The molecule has 4 heteroatoms. The number of hydroxylamine groups is 1. The lowest BCUT2D eigenvalue weighted by Gasteiger charge is -2.01. The predicted octanol–water partition coefficient (Wildman–Crippen LogP) is -0.584. The van der Waals surface area contributed by atoms with Gasteiger partial charge in [0.1, 0.15) is 0 Å². The molecule has 0 aromatic carbocycles. The Morgan fingerprint density at radius 1 is 1.70 bits per heavy atom. The zero-order valence-electron chi connectivity index (χ0n) is 6.02. The highest BCUT2D eigenvalue weighted by Crippen LogP contribution is 2.17. The molecule has 2 N–H and O–H groups in total. The van der Waals surface area contributed by atoms with Gasteiger partial charge in [-0.05, 0) is 12.8 Å². The van der Waals surface area contributed by atoms with Crippen LogP contribution in [0, 0.1) is 0 Å². The van der Waals surface area contributed by atoms with Gasteiger partial charge >= 0.3 is 0 Å². The SMILES string of the molecule is CONC(=O)CNC1CC1. The molecule has 0 spiro atoms. The molecular formula is C6H12N2O2.